The van der Waals surface area contributed by atoms with Gasteiger partial charge in [0.1, 0.15) is 0 Å². The van der Waals surface area contributed by atoms with Crippen LogP contribution in [0.2, 0.25) is 5.02 Å². The van der Waals surface area contributed by atoms with E-state index >= 15 is 0 Å². The van der Waals surface area contributed by atoms with Crippen molar-refractivity contribution in [3.05, 3.63) is 59.1 Å². The largest absolute Gasteiger partial charge is 0.352 e. The molecule has 0 fully saturated rings. The van der Waals surface area contributed by atoms with E-state index < -0.39 is 10.0 Å². The second kappa shape index (κ2) is 6.81. The molecule has 1 amide bonds. The van der Waals surface area contributed by atoms with E-state index in [1.165, 1.54) is 19.1 Å². The Morgan fingerprint density at radius 3 is 2.32 bits per heavy atom. The standard InChI is InChI=1S/C15H15ClN2O3S/c1-11(19)17-10-12-6-8-13(9-7-12)22(20,21)18-15-5-3-2-4-14(15)16/h2-9,18H,10H2,1H3,(H,17,19). The van der Waals surface area contributed by atoms with Crippen LogP contribution in [0.3, 0.4) is 0 Å². The Balaban J connectivity index is 2.16. The van der Waals surface area contributed by atoms with Gasteiger partial charge in [0, 0.05) is 13.5 Å². The van der Waals surface area contributed by atoms with E-state index in [1.54, 1.807) is 36.4 Å². The number of sulfonamides is 1. The van der Waals surface area contributed by atoms with Gasteiger partial charge in [-0.05, 0) is 29.8 Å². The van der Waals surface area contributed by atoms with Crippen molar-refractivity contribution in [3.63, 3.8) is 0 Å². The zero-order valence-electron chi connectivity index (χ0n) is 11.8. The van der Waals surface area contributed by atoms with Gasteiger partial charge in [0.15, 0.2) is 0 Å². The number of benzene rings is 2. The fourth-order valence-electron chi connectivity index (χ4n) is 1.76. The van der Waals surface area contributed by atoms with Gasteiger partial charge in [0.05, 0.1) is 15.6 Å². The van der Waals surface area contributed by atoms with Crippen LogP contribution < -0.4 is 10.0 Å². The highest BCUT2D eigenvalue weighted by Gasteiger charge is 2.15. The minimum Gasteiger partial charge on any atom is -0.352 e. The molecule has 0 aliphatic carbocycles. The van der Waals surface area contributed by atoms with Crippen molar-refractivity contribution in [2.45, 2.75) is 18.4 Å². The molecule has 2 aromatic rings. The molecule has 0 unspecified atom stereocenters. The van der Waals surface area contributed by atoms with Gasteiger partial charge in [0.25, 0.3) is 10.0 Å². The maximum atomic E-state index is 12.3. The third-order valence-electron chi connectivity index (χ3n) is 2.89. The molecule has 5 nitrogen and oxygen atoms in total. The molecule has 2 N–H and O–H groups in total. The first-order chi connectivity index (χ1) is 10.4. The van der Waals surface area contributed by atoms with Crippen molar-refractivity contribution in [2.24, 2.45) is 0 Å². The Hall–Kier alpha value is -2.05. The van der Waals surface area contributed by atoms with E-state index in [9.17, 15) is 13.2 Å². The molecule has 0 aliphatic rings. The topological polar surface area (TPSA) is 75.3 Å². The van der Waals surface area contributed by atoms with Crippen molar-refractivity contribution in [1.29, 1.82) is 0 Å². The van der Waals surface area contributed by atoms with Crippen LogP contribution in [-0.4, -0.2) is 14.3 Å². The highest BCUT2D eigenvalue weighted by Crippen LogP contribution is 2.24. The average molecular weight is 339 g/mol. The molecule has 0 saturated heterocycles. The number of rotatable bonds is 5. The lowest BCUT2D eigenvalue weighted by Crippen LogP contribution is -2.19. The van der Waals surface area contributed by atoms with Crippen LogP contribution in [0.25, 0.3) is 0 Å². The number of carbonyl (C=O) groups is 1. The average Bonchev–Trinajstić information content (AvgIpc) is 2.48. The fourth-order valence-corrected chi connectivity index (χ4v) is 3.08. The van der Waals surface area contributed by atoms with Gasteiger partial charge in [-0.3, -0.25) is 9.52 Å². The predicted molar refractivity (Wildman–Crippen MR) is 86.2 cm³/mol. The van der Waals surface area contributed by atoms with Crippen LogP contribution >= 0.6 is 11.6 Å². The van der Waals surface area contributed by atoms with Crippen LogP contribution in [0.1, 0.15) is 12.5 Å². The molecule has 0 aromatic heterocycles. The summed E-state index contributed by atoms with van der Waals surface area (Å²) in [6.45, 7) is 1.78. The van der Waals surface area contributed by atoms with E-state index in [-0.39, 0.29) is 10.8 Å². The highest BCUT2D eigenvalue weighted by atomic mass is 35.5. The molecule has 0 atom stereocenters. The Labute approximate surface area is 134 Å². The third-order valence-corrected chi connectivity index (χ3v) is 4.60. The number of amides is 1. The lowest BCUT2D eigenvalue weighted by molar-refractivity contribution is -0.119. The number of para-hydroxylation sites is 1. The molecular formula is C15H15ClN2O3S. The number of hydrogen-bond donors (Lipinski definition) is 2. The van der Waals surface area contributed by atoms with Gasteiger partial charge in [-0.15, -0.1) is 0 Å². The Bertz CT molecular complexity index is 774. The first kappa shape index (κ1) is 16.3. The smallest absolute Gasteiger partial charge is 0.261 e. The van der Waals surface area contributed by atoms with Gasteiger partial charge < -0.3 is 5.32 Å². The summed E-state index contributed by atoms with van der Waals surface area (Å²) in [4.78, 5) is 11.0. The van der Waals surface area contributed by atoms with Crippen LogP contribution in [0.4, 0.5) is 5.69 Å². The van der Waals surface area contributed by atoms with Crippen LogP contribution in [0, 0.1) is 0 Å². The summed E-state index contributed by atoms with van der Waals surface area (Å²) < 4.78 is 27.0. The molecule has 116 valence electrons. The molecule has 22 heavy (non-hydrogen) atoms. The van der Waals surface area contributed by atoms with E-state index in [4.69, 9.17) is 11.6 Å². The van der Waals surface area contributed by atoms with Gasteiger partial charge >= 0.3 is 0 Å². The zero-order chi connectivity index (χ0) is 16.2. The van der Waals surface area contributed by atoms with E-state index in [0.29, 0.717) is 17.3 Å². The number of carbonyl (C=O) groups excluding carboxylic acids is 1. The Morgan fingerprint density at radius 2 is 1.73 bits per heavy atom. The summed E-state index contributed by atoms with van der Waals surface area (Å²) >= 11 is 5.95. The maximum Gasteiger partial charge on any atom is 0.261 e. The van der Waals surface area contributed by atoms with E-state index in [1.807, 2.05) is 0 Å². The summed E-state index contributed by atoms with van der Waals surface area (Å²) in [7, 11) is -3.71. The second-order valence-corrected chi connectivity index (χ2v) is 6.73. The third kappa shape index (κ3) is 4.22. The number of hydrogen-bond acceptors (Lipinski definition) is 3. The van der Waals surface area contributed by atoms with Crippen LogP contribution in [0.5, 0.6) is 0 Å². The van der Waals surface area contributed by atoms with Gasteiger partial charge in [-0.2, -0.15) is 0 Å². The van der Waals surface area contributed by atoms with Crippen molar-refractivity contribution in [3.8, 4) is 0 Å². The van der Waals surface area contributed by atoms with E-state index in [2.05, 4.69) is 10.0 Å². The lowest BCUT2D eigenvalue weighted by Gasteiger charge is -2.10. The fraction of sp³-hybridized carbons (Fsp3) is 0.133. The van der Waals surface area contributed by atoms with E-state index in [0.717, 1.165) is 5.56 Å². The second-order valence-electron chi connectivity index (χ2n) is 4.64. The van der Waals surface area contributed by atoms with Crippen molar-refractivity contribution < 1.29 is 13.2 Å². The SMILES string of the molecule is CC(=O)NCc1ccc(S(=O)(=O)Nc2ccccc2Cl)cc1. The van der Waals surface area contributed by atoms with Gasteiger partial charge in [-0.25, -0.2) is 8.42 Å². The number of halogens is 1. The summed E-state index contributed by atoms with van der Waals surface area (Å²) in [5, 5.41) is 2.97. The van der Waals surface area contributed by atoms with Crippen LogP contribution in [0.15, 0.2) is 53.4 Å². The summed E-state index contributed by atoms with van der Waals surface area (Å²) in [6.07, 6.45) is 0. The monoisotopic (exact) mass is 338 g/mol. The molecule has 7 heteroatoms. The molecule has 0 radical (unpaired) electrons. The van der Waals surface area contributed by atoms with Gasteiger partial charge in [-0.1, -0.05) is 35.9 Å². The van der Waals surface area contributed by atoms with Crippen LogP contribution in [-0.2, 0) is 21.4 Å². The summed E-state index contributed by atoms with van der Waals surface area (Å²) in [5.74, 6) is -0.142. The Morgan fingerprint density at radius 1 is 1.09 bits per heavy atom. The molecule has 0 saturated carbocycles. The minimum atomic E-state index is -3.71. The molecule has 2 aromatic carbocycles. The molecule has 0 bridgehead atoms. The molecule has 2 rings (SSSR count). The predicted octanol–water partition coefficient (Wildman–Crippen LogP) is 2.78. The first-order valence-corrected chi connectivity index (χ1v) is 8.35. The van der Waals surface area contributed by atoms with Gasteiger partial charge in [0.2, 0.25) is 5.91 Å². The molecule has 0 heterocycles. The number of nitrogens with one attached hydrogen (secondary N) is 2. The van der Waals surface area contributed by atoms with Crippen molar-refractivity contribution >= 4 is 33.2 Å². The highest BCUT2D eigenvalue weighted by molar-refractivity contribution is 7.92. The molecule has 0 aliphatic heterocycles. The molecular weight excluding hydrogens is 324 g/mol. The van der Waals surface area contributed by atoms with Crippen molar-refractivity contribution in [2.75, 3.05) is 4.72 Å². The zero-order valence-corrected chi connectivity index (χ0v) is 13.4. The summed E-state index contributed by atoms with van der Waals surface area (Å²) in [6, 6.07) is 12.9. The van der Waals surface area contributed by atoms with Crippen molar-refractivity contribution in [1.82, 2.24) is 5.32 Å². The summed E-state index contributed by atoms with van der Waals surface area (Å²) in [5.41, 5.74) is 1.14. The normalized spacial score (nSPS) is 11.0. The number of anilines is 1. The quantitative estimate of drug-likeness (QED) is 0.880. The molecule has 0 spiro atoms. The minimum absolute atomic E-state index is 0.124. The maximum absolute atomic E-state index is 12.3. The first-order valence-electron chi connectivity index (χ1n) is 6.49. The lowest BCUT2D eigenvalue weighted by atomic mass is 10.2. The Kier molecular flexibility index (Phi) is 5.05.